The molecular weight excluding hydrogens is 322 g/mol. The number of carbonyl (C=O) groups excluding carboxylic acids is 1. The van der Waals surface area contributed by atoms with E-state index in [9.17, 15) is 4.79 Å². The van der Waals surface area contributed by atoms with Gasteiger partial charge in [-0.3, -0.25) is 4.79 Å². The van der Waals surface area contributed by atoms with Crippen LogP contribution in [0.4, 0.5) is 0 Å². The third kappa shape index (κ3) is 4.96. The molecule has 0 N–H and O–H groups in total. The van der Waals surface area contributed by atoms with Crippen LogP contribution >= 0.6 is 0 Å². The average Bonchev–Trinajstić information content (AvgIpc) is 3.11. The van der Waals surface area contributed by atoms with Gasteiger partial charge in [0.2, 0.25) is 5.91 Å². The Labute approximate surface area is 157 Å². The van der Waals surface area contributed by atoms with E-state index in [1.54, 1.807) is 0 Å². The van der Waals surface area contributed by atoms with Gasteiger partial charge in [0.05, 0.1) is 0 Å². The van der Waals surface area contributed by atoms with Gasteiger partial charge < -0.3 is 9.47 Å². The van der Waals surface area contributed by atoms with Gasteiger partial charge in [-0.25, -0.2) is 4.98 Å². The summed E-state index contributed by atoms with van der Waals surface area (Å²) >= 11 is 0. The number of aryl methyl sites for hydroxylation is 1. The van der Waals surface area contributed by atoms with Gasteiger partial charge in [0.15, 0.2) is 0 Å². The van der Waals surface area contributed by atoms with Crippen LogP contribution in [0.1, 0.15) is 56.8 Å². The second-order valence-electron chi connectivity index (χ2n) is 7.76. The van der Waals surface area contributed by atoms with Crippen LogP contribution in [0, 0.1) is 5.92 Å². The van der Waals surface area contributed by atoms with E-state index in [-0.39, 0.29) is 0 Å². The molecule has 3 rings (SSSR count). The van der Waals surface area contributed by atoms with E-state index in [4.69, 9.17) is 0 Å². The summed E-state index contributed by atoms with van der Waals surface area (Å²) in [6.07, 6.45) is 8.78. The van der Waals surface area contributed by atoms with Crippen LogP contribution in [-0.4, -0.2) is 33.4 Å². The van der Waals surface area contributed by atoms with Crippen LogP contribution in [0.3, 0.4) is 0 Å². The average molecular weight is 354 g/mol. The van der Waals surface area contributed by atoms with E-state index in [2.05, 4.69) is 58.8 Å². The Kier molecular flexibility index (Phi) is 6.48. The number of carbonyl (C=O) groups is 1. The molecule has 4 heteroatoms. The highest BCUT2D eigenvalue weighted by atomic mass is 16.2. The van der Waals surface area contributed by atoms with Crippen molar-refractivity contribution in [3.63, 3.8) is 0 Å². The first-order valence-electron chi connectivity index (χ1n) is 9.96. The zero-order valence-electron chi connectivity index (χ0n) is 16.1. The highest BCUT2D eigenvalue weighted by molar-refractivity contribution is 5.76. The van der Waals surface area contributed by atoms with Gasteiger partial charge >= 0.3 is 0 Å². The van der Waals surface area contributed by atoms with Gasteiger partial charge in [0.1, 0.15) is 5.82 Å². The molecule has 1 fully saturated rings. The van der Waals surface area contributed by atoms with Crippen molar-refractivity contribution in [1.29, 1.82) is 0 Å². The molecule has 0 bridgehead atoms. The smallest absolute Gasteiger partial charge is 0.222 e. The minimum absolute atomic E-state index is 0.324. The maximum absolute atomic E-state index is 12.5. The Morgan fingerprint density at radius 1 is 1.19 bits per heavy atom. The zero-order valence-corrected chi connectivity index (χ0v) is 16.1. The molecule has 0 aliphatic carbocycles. The van der Waals surface area contributed by atoms with Crippen LogP contribution in [-0.2, 0) is 17.8 Å². The van der Waals surface area contributed by atoms with Crippen molar-refractivity contribution < 1.29 is 4.79 Å². The van der Waals surface area contributed by atoms with Gasteiger partial charge in [-0.05, 0) is 37.2 Å². The van der Waals surface area contributed by atoms with Crippen molar-refractivity contribution in [2.45, 2.75) is 58.4 Å². The number of amides is 1. The first-order chi connectivity index (χ1) is 12.6. The second kappa shape index (κ2) is 9.02. The van der Waals surface area contributed by atoms with E-state index in [0.29, 0.717) is 24.2 Å². The molecule has 0 spiro atoms. The quantitative estimate of drug-likeness (QED) is 0.745. The fourth-order valence-electron chi connectivity index (χ4n) is 3.87. The lowest BCUT2D eigenvalue weighted by molar-refractivity contribution is -0.132. The van der Waals surface area contributed by atoms with Gasteiger partial charge in [-0.2, -0.15) is 0 Å². The summed E-state index contributed by atoms with van der Waals surface area (Å²) in [6, 6.07) is 10.4. The number of benzene rings is 1. The van der Waals surface area contributed by atoms with E-state index >= 15 is 0 Å². The monoisotopic (exact) mass is 353 g/mol. The predicted molar refractivity (Wildman–Crippen MR) is 105 cm³/mol. The minimum atomic E-state index is 0.324. The lowest BCUT2D eigenvalue weighted by atomic mass is 9.96. The maximum Gasteiger partial charge on any atom is 0.222 e. The van der Waals surface area contributed by atoms with Crippen molar-refractivity contribution in [2.24, 2.45) is 5.92 Å². The van der Waals surface area contributed by atoms with Gasteiger partial charge in [-0.15, -0.1) is 0 Å². The molecule has 2 heterocycles. The summed E-state index contributed by atoms with van der Waals surface area (Å²) in [5, 5.41) is 0. The van der Waals surface area contributed by atoms with Crippen LogP contribution < -0.4 is 0 Å². The summed E-state index contributed by atoms with van der Waals surface area (Å²) < 4.78 is 2.30. The third-order valence-corrected chi connectivity index (χ3v) is 5.39. The second-order valence-corrected chi connectivity index (χ2v) is 7.76. The summed E-state index contributed by atoms with van der Waals surface area (Å²) in [4.78, 5) is 19.0. The number of rotatable bonds is 7. The molecule has 0 unspecified atom stereocenters. The van der Waals surface area contributed by atoms with Crippen molar-refractivity contribution >= 4 is 5.91 Å². The number of likely N-dealkylation sites (tertiary alicyclic amines) is 1. The van der Waals surface area contributed by atoms with E-state index < -0.39 is 0 Å². The van der Waals surface area contributed by atoms with Crippen molar-refractivity contribution in [2.75, 3.05) is 13.1 Å². The van der Waals surface area contributed by atoms with E-state index in [1.807, 2.05) is 12.3 Å². The molecule has 1 aliphatic rings. The molecule has 0 saturated carbocycles. The Hall–Kier alpha value is -2.10. The zero-order chi connectivity index (χ0) is 18.4. The molecule has 1 aromatic carbocycles. The summed E-state index contributed by atoms with van der Waals surface area (Å²) in [6.45, 7) is 7.22. The first-order valence-corrected chi connectivity index (χ1v) is 9.96. The number of imidazole rings is 1. The first kappa shape index (κ1) is 18.7. The van der Waals surface area contributed by atoms with Gasteiger partial charge in [-0.1, -0.05) is 44.2 Å². The van der Waals surface area contributed by atoms with Crippen LogP contribution in [0.5, 0.6) is 0 Å². The topological polar surface area (TPSA) is 38.1 Å². The van der Waals surface area contributed by atoms with Gasteiger partial charge in [0.25, 0.3) is 0 Å². The molecule has 140 valence electrons. The summed E-state index contributed by atoms with van der Waals surface area (Å²) in [5.41, 5.74) is 1.32. The Morgan fingerprint density at radius 3 is 2.62 bits per heavy atom. The van der Waals surface area contributed by atoms with Crippen molar-refractivity contribution in [3.05, 3.63) is 54.1 Å². The number of hydrogen-bond donors (Lipinski definition) is 0. The van der Waals surface area contributed by atoms with E-state index in [0.717, 1.165) is 45.3 Å². The highest BCUT2D eigenvalue weighted by Crippen LogP contribution is 2.22. The number of hydrogen-bond acceptors (Lipinski definition) is 2. The molecule has 1 aliphatic heterocycles. The minimum Gasteiger partial charge on any atom is -0.343 e. The summed E-state index contributed by atoms with van der Waals surface area (Å²) in [5.74, 6) is 2.60. The molecule has 1 amide bonds. The van der Waals surface area contributed by atoms with Crippen molar-refractivity contribution in [1.82, 2.24) is 14.5 Å². The number of piperidine rings is 1. The molecule has 1 aromatic heterocycles. The normalized spacial score (nSPS) is 15.6. The summed E-state index contributed by atoms with van der Waals surface area (Å²) in [7, 11) is 0. The van der Waals surface area contributed by atoms with Crippen LogP contribution in [0.2, 0.25) is 0 Å². The fraction of sp³-hybridized carbons (Fsp3) is 0.545. The Balaban J connectivity index is 1.40. The Morgan fingerprint density at radius 2 is 1.92 bits per heavy atom. The maximum atomic E-state index is 12.5. The third-order valence-electron chi connectivity index (χ3n) is 5.39. The number of nitrogens with zero attached hydrogens (tertiary/aromatic N) is 3. The SMILES string of the molecule is CC(C)c1nccn1CC1CCN(C(=O)CCCc2ccccc2)CC1. The lowest BCUT2D eigenvalue weighted by Crippen LogP contribution is -2.39. The molecule has 1 saturated heterocycles. The molecule has 4 nitrogen and oxygen atoms in total. The van der Waals surface area contributed by atoms with Crippen molar-refractivity contribution in [3.8, 4) is 0 Å². The van der Waals surface area contributed by atoms with Crippen LogP contribution in [0.15, 0.2) is 42.7 Å². The number of aromatic nitrogens is 2. The molecule has 0 radical (unpaired) electrons. The highest BCUT2D eigenvalue weighted by Gasteiger charge is 2.23. The van der Waals surface area contributed by atoms with Crippen LogP contribution in [0.25, 0.3) is 0 Å². The van der Waals surface area contributed by atoms with E-state index in [1.165, 1.54) is 11.4 Å². The molecule has 2 aromatic rings. The standard InChI is InChI=1S/C22H31N3O/c1-18(2)22-23-13-16-25(22)17-20-11-14-24(15-12-20)21(26)10-6-9-19-7-4-3-5-8-19/h3-5,7-8,13,16,18,20H,6,9-12,14-15,17H2,1-2H3. The lowest BCUT2D eigenvalue weighted by Gasteiger charge is -2.32. The molecule has 26 heavy (non-hydrogen) atoms. The predicted octanol–water partition coefficient (Wildman–Crippen LogP) is 4.27. The largest absolute Gasteiger partial charge is 0.343 e. The fourth-order valence-corrected chi connectivity index (χ4v) is 3.87. The van der Waals surface area contributed by atoms with Gasteiger partial charge in [0, 0.05) is 44.4 Å². The molecule has 0 atom stereocenters. The Bertz CT molecular complexity index is 684. The molecular formula is C22H31N3O.